The lowest BCUT2D eigenvalue weighted by molar-refractivity contribution is 1.05. The van der Waals surface area contributed by atoms with E-state index in [-0.39, 0.29) is 5.95 Å². The molecule has 0 saturated heterocycles. The number of H-pyrrole nitrogens is 1. The molecule has 0 fully saturated rings. The molecule has 0 aliphatic carbocycles. The summed E-state index contributed by atoms with van der Waals surface area (Å²) in [5, 5.41) is 7.37. The second kappa shape index (κ2) is 4.53. The molecule has 0 bridgehead atoms. The van der Waals surface area contributed by atoms with Crippen LogP contribution in [-0.4, -0.2) is 20.2 Å². The molecule has 3 rings (SSSR count). The maximum atomic E-state index is 5.65. The predicted octanol–water partition coefficient (Wildman–Crippen LogP) is 2.42. The molecule has 3 aromatic rings. The summed E-state index contributed by atoms with van der Waals surface area (Å²) in [7, 11) is 0. The van der Waals surface area contributed by atoms with Crippen molar-refractivity contribution >= 4 is 5.95 Å². The molecule has 5 nitrogen and oxygen atoms in total. The number of nitrogens with zero attached hydrogens (tertiary/aromatic N) is 3. The zero-order valence-electron chi connectivity index (χ0n) is 10.5. The van der Waals surface area contributed by atoms with Crippen LogP contribution in [-0.2, 0) is 0 Å². The van der Waals surface area contributed by atoms with Gasteiger partial charge in [0, 0.05) is 23.0 Å². The first-order valence-corrected chi connectivity index (χ1v) is 5.95. The number of anilines is 1. The molecule has 0 aliphatic rings. The second-order valence-electron chi connectivity index (χ2n) is 4.24. The molecule has 2 aromatic heterocycles. The molecule has 1 aromatic carbocycles. The highest BCUT2D eigenvalue weighted by molar-refractivity contribution is 5.80. The van der Waals surface area contributed by atoms with Crippen molar-refractivity contribution in [2.45, 2.75) is 6.92 Å². The number of nitrogens with two attached hydrogens (primary N) is 1. The van der Waals surface area contributed by atoms with Gasteiger partial charge < -0.3 is 5.73 Å². The lowest BCUT2D eigenvalue weighted by Crippen LogP contribution is -1.96. The minimum Gasteiger partial charge on any atom is -0.368 e. The summed E-state index contributed by atoms with van der Waals surface area (Å²) in [6.07, 6.45) is 1.65. The molecular formula is C14H13N5. The number of benzene rings is 1. The Morgan fingerprint density at radius 3 is 2.63 bits per heavy atom. The molecule has 0 unspecified atom stereocenters. The summed E-state index contributed by atoms with van der Waals surface area (Å²) < 4.78 is 0. The SMILES string of the molecule is Cc1[nH]nc(-c2ccccc2)c1-c1ccnc(N)n1. The van der Waals surface area contributed by atoms with Crippen molar-refractivity contribution in [1.29, 1.82) is 0 Å². The van der Waals surface area contributed by atoms with E-state index in [0.717, 1.165) is 28.2 Å². The van der Waals surface area contributed by atoms with Crippen LogP contribution in [0, 0.1) is 6.92 Å². The number of nitrogen functional groups attached to an aromatic ring is 1. The highest BCUT2D eigenvalue weighted by Gasteiger charge is 2.15. The summed E-state index contributed by atoms with van der Waals surface area (Å²) in [6, 6.07) is 11.8. The molecule has 5 heteroatoms. The van der Waals surface area contributed by atoms with Gasteiger partial charge in [-0.25, -0.2) is 9.97 Å². The third kappa shape index (κ3) is 2.06. The molecule has 94 valence electrons. The van der Waals surface area contributed by atoms with Gasteiger partial charge in [0.2, 0.25) is 5.95 Å². The minimum absolute atomic E-state index is 0.261. The van der Waals surface area contributed by atoms with Gasteiger partial charge >= 0.3 is 0 Å². The van der Waals surface area contributed by atoms with Crippen LogP contribution in [0.15, 0.2) is 42.6 Å². The topological polar surface area (TPSA) is 80.5 Å². The van der Waals surface area contributed by atoms with Gasteiger partial charge in [0.25, 0.3) is 0 Å². The summed E-state index contributed by atoms with van der Waals surface area (Å²) >= 11 is 0. The van der Waals surface area contributed by atoms with Crippen LogP contribution < -0.4 is 5.73 Å². The molecule has 0 atom stereocenters. The van der Waals surface area contributed by atoms with E-state index >= 15 is 0 Å². The summed E-state index contributed by atoms with van der Waals surface area (Å²) in [6.45, 7) is 1.97. The molecule has 3 N–H and O–H groups in total. The van der Waals surface area contributed by atoms with Crippen molar-refractivity contribution in [2.75, 3.05) is 5.73 Å². The van der Waals surface area contributed by atoms with Gasteiger partial charge in [-0.2, -0.15) is 5.10 Å². The third-order valence-electron chi connectivity index (χ3n) is 2.92. The van der Waals surface area contributed by atoms with Gasteiger partial charge in [-0.15, -0.1) is 0 Å². The molecule has 0 amide bonds. The average molecular weight is 251 g/mol. The largest absolute Gasteiger partial charge is 0.368 e. The number of aromatic nitrogens is 4. The van der Waals surface area contributed by atoms with Crippen LogP contribution in [0.2, 0.25) is 0 Å². The number of nitrogens with one attached hydrogen (secondary N) is 1. The lowest BCUT2D eigenvalue weighted by atomic mass is 10.0. The Kier molecular flexibility index (Phi) is 2.72. The Morgan fingerprint density at radius 2 is 1.89 bits per heavy atom. The van der Waals surface area contributed by atoms with Crippen molar-refractivity contribution in [3.05, 3.63) is 48.3 Å². The summed E-state index contributed by atoms with van der Waals surface area (Å²) in [4.78, 5) is 8.19. The van der Waals surface area contributed by atoms with Crippen molar-refractivity contribution < 1.29 is 0 Å². The van der Waals surface area contributed by atoms with Gasteiger partial charge in [0.05, 0.1) is 5.69 Å². The van der Waals surface area contributed by atoms with E-state index in [1.807, 2.05) is 43.3 Å². The maximum absolute atomic E-state index is 5.65. The number of hydrogen-bond donors (Lipinski definition) is 2. The fraction of sp³-hybridized carbons (Fsp3) is 0.0714. The number of rotatable bonds is 2. The van der Waals surface area contributed by atoms with Gasteiger partial charge in [0.15, 0.2) is 0 Å². The normalized spacial score (nSPS) is 10.6. The van der Waals surface area contributed by atoms with Crippen molar-refractivity contribution in [2.24, 2.45) is 0 Å². The first-order valence-electron chi connectivity index (χ1n) is 5.95. The van der Waals surface area contributed by atoms with E-state index in [2.05, 4.69) is 20.2 Å². The lowest BCUT2D eigenvalue weighted by Gasteiger charge is -2.04. The Bertz CT molecular complexity index is 703. The van der Waals surface area contributed by atoms with Crippen LogP contribution in [0.5, 0.6) is 0 Å². The zero-order valence-corrected chi connectivity index (χ0v) is 10.5. The molecule has 0 saturated carbocycles. The number of aryl methyl sites for hydroxylation is 1. The van der Waals surface area contributed by atoms with Crippen LogP contribution in [0.1, 0.15) is 5.69 Å². The van der Waals surface area contributed by atoms with E-state index in [0.29, 0.717) is 0 Å². The Morgan fingerprint density at radius 1 is 1.11 bits per heavy atom. The van der Waals surface area contributed by atoms with Gasteiger partial charge in [-0.1, -0.05) is 30.3 Å². The van der Waals surface area contributed by atoms with Gasteiger partial charge in [0.1, 0.15) is 5.69 Å². The minimum atomic E-state index is 0.261. The Hall–Kier alpha value is -2.69. The fourth-order valence-electron chi connectivity index (χ4n) is 2.06. The number of aromatic amines is 1. The highest BCUT2D eigenvalue weighted by Crippen LogP contribution is 2.31. The Labute approximate surface area is 110 Å². The van der Waals surface area contributed by atoms with Crippen LogP contribution in [0.4, 0.5) is 5.95 Å². The fourth-order valence-corrected chi connectivity index (χ4v) is 2.06. The van der Waals surface area contributed by atoms with Crippen molar-refractivity contribution in [3.63, 3.8) is 0 Å². The second-order valence-corrected chi connectivity index (χ2v) is 4.24. The van der Waals surface area contributed by atoms with Crippen molar-refractivity contribution in [1.82, 2.24) is 20.2 Å². The molecule has 0 spiro atoms. The summed E-state index contributed by atoms with van der Waals surface area (Å²) in [5.74, 6) is 0.261. The van der Waals surface area contributed by atoms with Gasteiger partial charge in [-0.05, 0) is 13.0 Å². The smallest absolute Gasteiger partial charge is 0.220 e. The monoisotopic (exact) mass is 251 g/mol. The maximum Gasteiger partial charge on any atom is 0.220 e. The first kappa shape index (κ1) is 11.4. The molecular weight excluding hydrogens is 238 g/mol. The van der Waals surface area contributed by atoms with Crippen LogP contribution in [0.25, 0.3) is 22.5 Å². The standard InChI is InChI=1S/C14H13N5/c1-9-12(11-7-8-16-14(15)17-11)13(19-18-9)10-5-3-2-4-6-10/h2-8H,1H3,(H,18,19)(H2,15,16,17). The Balaban J connectivity index is 2.20. The first-order chi connectivity index (χ1) is 9.25. The van der Waals surface area contributed by atoms with E-state index in [1.165, 1.54) is 0 Å². The van der Waals surface area contributed by atoms with Crippen LogP contribution in [0.3, 0.4) is 0 Å². The van der Waals surface area contributed by atoms with Crippen LogP contribution >= 0.6 is 0 Å². The molecule has 0 radical (unpaired) electrons. The molecule has 0 aliphatic heterocycles. The van der Waals surface area contributed by atoms with E-state index in [9.17, 15) is 0 Å². The van der Waals surface area contributed by atoms with E-state index < -0.39 is 0 Å². The highest BCUT2D eigenvalue weighted by atomic mass is 15.1. The summed E-state index contributed by atoms with van der Waals surface area (Å²) in [5.41, 5.74) is 10.3. The van der Waals surface area contributed by atoms with E-state index in [4.69, 9.17) is 5.73 Å². The predicted molar refractivity (Wildman–Crippen MR) is 74.2 cm³/mol. The quantitative estimate of drug-likeness (QED) is 0.733. The van der Waals surface area contributed by atoms with Crippen molar-refractivity contribution in [3.8, 4) is 22.5 Å². The van der Waals surface area contributed by atoms with E-state index in [1.54, 1.807) is 6.20 Å². The third-order valence-corrected chi connectivity index (χ3v) is 2.92. The zero-order chi connectivity index (χ0) is 13.2. The number of hydrogen-bond acceptors (Lipinski definition) is 4. The molecule has 2 heterocycles. The average Bonchev–Trinajstić information content (AvgIpc) is 2.82. The molecule has 19 heavy (non-hydrogen) atoms. The van der Waals surface area contributed by atoms with Gasteiger partial charge in [-0.3, -0.25) is 5.10 Å².